The van der Waals surface area contributed by atoms with E-state index in [4.69, 9.17) is 17.3 Å². The number of benzene rings is 1. The van der Waals surface area contributed by atoms with Crippen LogP contribution < -0.4 is 11.2 Å². The van der Waals surface area contributed by atoms with Crippen molar-refractivity contribution in [2.24, 2.45) is 5.41 Å². The minimum absolute atomic E-state index is 0.112. The Morgan fingerprint density at radius 1 is 1.14 bits per heavy atom. The molecule has 0 amide bonds. The summed E-state index contributed by atoms with van der Waals surface area (Å²) in [6.07, 6.45) is 0.997. The maximum absolute atomic E-state index is 12.4. The number of nitrogens with two attached hydrogens (primary N) is 1. The Balaban J connectivity index is 2.32. The second-order valence-electron chi connectivity index (χ2n) is 6.51. The summed E-state index contributed by atoms with van der Waals surface area (Å²) < 4.78 is 1.78. The zero-order chi connectivity index (χ0) is 16.1. The van der Waals surface area contributed by atoms with Gasteiger partial charge in [-0.25, -0.2) is 0 Å². The maximum atomic E-state index is 12.4. The standard InChI is InChI=1S/C17H17ClN2O2/c1-17(2)8-12-16(14(22)9-17)13(21)7-15(19)20(12)11-5-3-10(18)4-6-11/h3-7H,8-9,19H2,1-2H3. The number of hydrogen-bond acceptors (Lipinski definition) is 3. The van der Waals surface area contributed by atoms with E-state index in [9.17, 15) is 9.59 Å². The van der Waals surface area contributed by atoms with Crippen LogP contribution in [0.15, 0.2) is 35.1 Å². The van der Waals surface area contributed by atoms with E-state index >= 15 is 0 Å². The fraction of sp³-hybridized carbons (Fsp3) is 0.294. The van der Waals surface area contributed by atoms with Crippen molar-refractivity contribution in [2.75, 3.05) is 5.73 Å². The average molecular weight is 317 g/mol. The predicted molar refractivity (Wildman–Crippen MR) is 87.9 cm³/mol. The fourth-order valence-electron chi connectivity index (χ4n) is 3.08. The first-order valence-corrected chi connectivity index (χ1v) is 7.50. The van der Waals surface area contributed by atoms with E-state index in [0.29, 0.717) is 29.4 Å². The van der Waals surface area contributed by atoms with Gasteiger partial charge in [0.1, 0.15) is 5.82 Å². The van der Waals surface area contributed by atoms with Crippen molar-refractivity contribution >= 4 is 23.2 Å². The molecule has 0 saturated heterocycles. The molecule has 0 spiro atoms. The van der Waals surface area contributed by atoms with Crippen LogP contribution in [0.5, 0.6) is 0 Å². The molecule has 3 rings (SSSR count). The Hall–Kier alpha value is -2.07. The first-order valence-electron chi connectivity index (χ1n) is 7.12. The summed E-state index contributed by atoms with van der Waals surface area (Å²) in [5, 5.41) is 0.619. The fourth-order valence-corrected chi connectivity index (χ4v) is 3.21. The quantitative estimate of drug-likeness (QED) is 0.878. The molecule has 0 radical (unpaired) electrons. The highest BCUT2D eigenvalue weighted by molar-refractivity contribution is 6.30. The number of anilines is 1. The number of carbonyl (C=O) groups is 1. The predicted octanol–water partition coefficient (Wildman–Crippen LogP) is 3.23. The van der Waals surface area contributed by atoms with Crippen LogP contribution in [0.1, 0.15) is 36.3 Å². The van der Waals surface area contributed by atoms with Crippen LogP contribution in [-0.4, -0.2) is 10.4 Å². The van der Waals surface area contributed by atoms with Gasteiger partial charge in [0, 0.05) is 28.9 Å². The summed E-state index contributed by atoms with van der Waals surface area (Å²) in [4.78, 5) is 24.6. The van der Waals surface area contributed by atoms with E-state index in [1.54, 1.807) is 16.7 Å². The number of aromatic nitrogens is 1. The molecule has 4 nitrogen and oxygen atoms in total. The summed E-state index contributed by atoms with van der Waals surface area (Å²) in [7, 11) is 0. The molecule has 0 fully saturated rings. The molecule has 1 aliphatic carbocycles. The van der Waals surface area contributed by atoms with Gasteiger partial charge in [-0.2, -0.15) is 0 Å². The minimum atomic E-state index is -0.293. The summed E-state index contributed by atoms with van der Waals surface area (Å²) in [6.45, 7) is 4.04. The van der Waals surface area contributed by atoms with Gasteiger partial charge in [0.15, 0.2) is 11.2 Å². The number of carbonyl (C=O) groups excluding carboxylic acids is 1. The number of Topliss-reactive ketones (excluding diaryl/α,β-unsaturated/α-hetero) is 1. The summed E-state index contributed by atoms with van der Waals surface area (Å²) in [5.74, 6) is 0.218. The van der Waals surface area contributed by atoms with Crippen molar-refractivity contribution in [1.29, 1.82) is 0 Å². The Labute approximate surface area is 133 Å². The van der Waals surface area contributed by atoms with E-state index in [-0.39, 0.29) is 22.2 Å². The van der Waals surface area contributed by atoms with Crippen molar-refractivity contribution in [3.63, 3.8) is 0 Å². The van der Waals surface area contributed by atoms with Gasteiger partial charge in [-0.05, 0) is 36.1 Å². The molecular formula is C17H17ClN2O2. The van der Waals surface area contributed by atoms with E-state index in [1.807, 2.05) is 26.0 Å². The summed E-state index contributed by atoms with van der Waals surface area (Å²) in [6, 6.07) is 8.50. The van der Waals surface area contributed by atoms with Crippen LogP contribution in [-0.2, 0) is 6.42 Å². The van der Waals surface area contributed by atoms with E-state index in [0.717, 1.165) is 5.69 Å². The molecule has 1 aromatic heterocycles. The normalized spacial score (nSPS) is 16.4. The molecule has 5 heteroatoms. The number of fused-ring (bicyclic) bond motifs is 1. The molecule has 0 bridgehead atoms. The number of nitrogen functional groups attached to an aromatic ring is 1. The van der Waals surface area contributed by atoms with Crippen molar-refractivity contribution in [3.8, 4) is 5.69 Å². The van der Waals surface area contributed by atoms with Crippen LogP contribution in [0.25, 0.3) is 5.69 Å². The van der Waals surface area contributed by atoms with Crippen LogP contribution >= 0.6 is 11.6 Å². The lowest BCUT2D eigenvalue weighted by atomic mass is 9.75. The molecule has 2 aromatic rings. The lowest BCUT2D eigenvalue weighted by Gasteiger charge is -2.32. The molecule has 0 atom stereocenters. The van der Waals surface area contributed by atoms with E-state index < -0.39 is 0 Å². The Kier molecular flexibility index (Phi) is 3.37. The number of pyridine rings is 1. The molecule has 0 unspecified atom stereocenters. The lowest BCUT2D eigenvalue weighted by Crippen LogP contribution is -2.35. The van der Waals surface area contributed by atoms with Gasteiger partial charge >= 0.3 is 0 Å². The average Bonchev–Trinajstić information content (AvgIpc) is 2.38. The molecule has 0 aliphatic heterocycles. The minimum Gasteiger partial charge on any atom is -0.385 e. The van der Waals surface area contributed by atoms with E-state index in [1.165, 1.54) is 6.07 Å². The second kappa shape index (κ2) is 4.99. The topological polar surface area (TPSA) is 65.1 Å². The largest absolute Gasteiger partial charge is 0.385 e. The van der Waals surface area contributed by atoms with Crippen LogP contribution in [0.3, 0.4) is 0 Å². The first-order chi connectivity index (χ1) is 10.3. The Bertz CT molecular complexity index is 820. The summed E-state index contributed by atoms with van der Waals surface area (Å²) >= 11 is 5.93. The third-order valence-corrected chi connectivity index (χ3v) is 4.24. The highest BCUT2D eigenvalue weighted by atomic mass is 35.5. The Morgan fingerprint density at radius 3 is 2.41 bits per heavy atom. The zero-order valence-corrected chi connectivity index (χ0v) is 13.3. The molecule has 1 aromatic carbocycles. The highest BCUT2D eigenvalue weighted by Gasteiger charge is 2.35. The highest BCUT2D eigenvalue weighted by Crippen LogP contribution is 2.35. The Morgan fingerprint density at radius 2 is 1.77 bits per heavy atom. The van der Waals surface area contributed by atoms with Crippen molar-refractivity contribution in [1.82, 2.24) is 4.57 Å². The zero-order valence-electron chi connectivity index (χ0n) is 12.5. The van der Waals surface area contributed by atoms with Gasteiger partial charge in [-0.15, -0.1) is 0 Å². The number of hydrogen-bond donors (Lipinski definition) is 1. The summed E-state index contributed by atoms with van der Waals surface area (Å²) in [5.41, 5.74) is 7.33. The molecule has 1 heterocycles. The SMILES string of the molecule is CC1(C)CC(=O)c2c(n(-c3ccc(Cl)cc3)c(N)cc2=O)C1. The van der Waals surface area contributed by atoms with Gasteiger partial charge in [0.05, 0.1) is 5.56 Å². The maximum Gasteiger partial charge on any atom is 0.194 e. The number of rotatable bonds is 1. The lowest BCUT2D eigenvalue weighted by molar-refractivity contribution is 0.0908. The van der Waals surface area contributed by atoms with Gasteiger partial charge in [0.25, 0.3) is 0 Å². The van der Waals surface area contributed by atoms with Crippen LogP contribution in [0.2, 0.25) is 5.02 Å². The van der Waals surface area contributed by atoms with Gasteiger partial charge < -0.3 is 5.73 Å². The van der Waals surface area contributed by atoms with Gasteiger partial charge in [-0.1, -0.05) is 25.4 Å². The monoisotopic (exact) mass is 316 g/mol. The number of ketones is 1. The smallest absolute Gasteiger partial charge is 0.194 e. The molecule has 0 saturated carbocycles. The molecule has 22 heavy (non-hydrogen) atoms. The number of nitrogens with zero attached hydrogens (tertiary/aromatic N) is 1. The van der Waals surface area contributed by atoms with Crippen molar-refractivity contribution < 1.29 is 4.79 Å². The van der Waals surface area contributed by atoms with Crippen LogP contribution in [0.4, 0.5) is 5.82 Å². The molecule has 1 aliphatic rings. The van der Waals surface area contributed by atoms with Crippen molar-refractivity contribution in [2.45, 2.75) is 26.7 Å². The van der Waals surface area contributed by atoms with Gasteiger partial charge in [-0.3, -0.25) is 14.2 Å². The van der Waals surface area contributed by atoms with Gasteiger partial charge in [0.2, 0.25) is 0 Å². The third-order valence-electron chi connectivity index (χ3n) is 3.99. The molecular weight excluding hydrogens is 300 g/mol. The molecule has 114 valence electrons. The number of halogens is 1. The first kappa shape index (κ1) is 14.9. The molecule has 2 N–H and O–H groups in total. The van der Waals surface area contributed by atoms with Crippen molar-refractivity contribution in [3.05, 3.63) is 56.8 Å². The van der Waals surface area contributed by atoms with E-state index in [2.05, 4.69) is 0 Å². The second-order valence-corrected chi connectivity index (χ2v) is 6.94. The third kappa shape index (κ3) is 2.44. The van der Waals surface area contributed by atoms with Crippen LogP contribution in [0, 0.1) is 5.41 Å².